The highest BCUT2D eigenvalue weighted by atomic mass is 79.9. The topological polar surface area (TPSA) is 36.1 Å². The molecular formula is C11H10BrClN2OS. The van der Waals surface area contributed by atoms with Crippen LogP contribution in [-0.4, -0.2) is 22.8 Å². The van der Waals surface area contributed by atoms with E-state index in [1.807, 2.05) is 12.1 Å². The average Bonchev–Trinajstić information content (AvgIpc) is 2.87. The summed E-state index contributed by atoms with van der Waals surface area (Å²) in [6.07, 6.45) is 1.60. The molecule has 0 aliphatic rings. The van der Waals surface area contributed by atoms with Crippen LogP contribution < -0.4 is 0 Å². The van der Waals surface area contributed by atoms with E-state index in [-0.39, 0.29) is 5.91 Å². The zero-order valence-corrected chi connectivity index (χ0v) is 12.2. The van der Waals surface area contributed by atoms with Crippen LogP contribution in [-0.2, 0) is 6.54 Å². The van der Waals surface area contributed by atoms with Crippen LogP contribution in [0.2, 0.25) is 5.02 Å². The van der Waals surface area contributed by atoms with Crippen LogP contribution in [0.5, 0.6) is 0 Å². The molecule has 0 saturated carbocycles. The largest absolute Gasteiger partial charge is 0.356 e. The van der Waals surface area contributed by atoms with E-state index in [1.165, 1.54) is 0 Å². The van der Waals surface area contributed by atoms with E-state index in [9.17, 15) is 4.79 Å². The normalized spacial score (nSPS) is 10.5. The van der Waals surface area contributed by atoms with Crippen LogP contribution in [0.4, 0.5) is 0 Å². The van der Waals surface area contributed by atoms with Crippen molar-refractivity contribution in [1.82, 2.24) is 9.88 Å². The van der Waals surface area contributed by atoms with E-state index < -0.39 is 0 Å². The molecule has 2 aromatic rings. The molecule has 0 atom stereocenters. The number of nitrogens with one attached hydrogen (secondary N) is 1. The Morgan fingerprint density at radius 2 is 2.35 bits per heavy atom. The number of carbonyl (C=O) groups is 1. The second-order valence-electron chi connectivity index (χ2n) is 3.60. The van der Waals surface area contributed by atoms with E-state index in [2.05, 4.69) is 20.9 Å². The summed E-state index contributed by atoms with van der Waals surface area (Å²) in [5, 5.41) is 0.542. The zero-order chi connectivity index (χ0) is 12.4. The molecule has 2 rings (SSSR count). The van der Waals surface area contributed by atoms with Crippen molar-refractivity contribution in [3.8, 4) is 0 Å². The van der Waals surface area contributed by atoms with E-state index >= 15 is 0 Å². The maximum atomic E-state index is 12.0. The Hall–Kier alpha value is -0.780. The van der Waals surface area contributed by atoms with Crippen molar-refractivity contribution >= 4 is 44.8 Å². The lowest BCUT2D eigenvalue weighted by molar-refractivity contribution is 0.0781. The van der Waals surface area contributed by atoms with E-state index in [4.69, 9.17) is 11.6 Å². The van der Waals surface area contributed by atoms with Crippen LogP contribution >= 0.6 is 38.9 Å². The molecule has 0 saturated heterocycles. The Morgan fingerprint density at radius 3 is 2.88 bits per heavy atom. The monoisotopic (exact) mass is 332 g/mol. The molecule has 0 aliphatic carbocycles. The molecule has 17 heavy (non-hydrogen) atoms. The fourth-order valence-electron chi connectivity index (χ4n) is 1.44. The molecule has 6 heteroatoms. The van der Waals surface area contributed by atoms with Crippen molar-refractivity contribution in [2.75, 3.05) is 7.05 Å². The van der Waals surface area contributed by atoms with Crippen LogP contribution in [0, 0.1) is 0 Å². The lowest BCUT2D eigenvalue weighted by atomic mass is 10.3. The van der Waals surface area contributed by atoms with Gasteiger partial charge in [-0.15, -0.1) is 11.3 Å². The number of hydrogen-bond acceptors (Lipinski definition) is 2. The first-order chi connectivity index (χ1) is 8.06. The van der Waals surface area contributed by atoms with Gasteiger partial charge < -0.3 is 9.88 Å². The van der Waals surface area contributed by atoms with Gasteiger partial charge in [0.2, 0.25) is 0 Å². The Balaban J connectivity index is 2.05. The van der Waals surface area contributed by atoms with Crippen LogP contribution in [0.3, 0.4) is 0 Å². The van der Waals surface area contributed by atoms with Crippen molar-refractivity contribution in [2.45, 2.75) is 6.54 Å². The van der Waals surface area contributed by atoms with Crippen molar-refractivity contribution in [3.05, 3.63) is 43.8 Å². The number of aromatic nitrogens is 1. The summed E-state index contributed by atoms with van der Waals surface area (Å²) in [6, 6.07) is 5.61. The average molecular weight is 334 g/mol. The van der Waals surface area contributed by atoms with Crippen molar-refractivity contribution in [2.24, 2.45) is 0 Å². The Morgan fingerprint density at radius 1 is 1.59 bits per heavy atom. The maximum absolute atomic E-state index is 12.0. The van der Waals surface area contributed by atoms with Crippen molar-refractivity contribution in [1.29, 1.82) is 0 Å². The van der Waals surface area contributed by atoms with Crippen molar-refractivity contribution < 1.29 is 4.79 Å². The van der Waals surface area contributed by atoms with Gasteiger partial charge in [0, 0.05) is 18.1 Å². The number of amides is 1. The molecule has 2 heterocycles. The molecule has 0 aliphatic heterocycles. The van der Waals surface area contributed by atoms with Gasteiger partial charge in [0.15, 0.2) is 0 Å². The van der Waals surface area contributed by atoms with E-state index in [1.54, 1.807) is 35.5 Å². The zero-order valence-electron chi connectivity index (χ0n) is 9.04. The van der Waals surface area contributed by atoms with Gasteiger partial charge in [-0.25, -0.2) is 0 Å². The standard InChI is InChI=1S/C11H10BrClN2OS/c1-15(6-8-2-3-10(12)17-8)11(16)9-4-7(13)5-14-9/h2-5,14H,6H2,1H3. The second kappa shape index (κ2) is 5.25. The summed E-state index contributed by atoms with van der Waals surface area (Å²) in [5.74, 6) is -0.0681. The summed E-state index contributed by atoms with van der Waals surface area (Å²) in [6.45, 7) is 0.589. The summed E-state index contributed by atoms with van der Waals surface area (Å²) < 4.78 is 1.07. The minimum absolute atomic E-state index is 0.0681. The molecule has 0 radical (unpaired) electrons. The van der Waals surface area contributed by atoms with Gasteiger partial charge >= 0.3 is 0 Å². The number of aromatic amines is 1. The summed E-state index contributed by atoms with van der Waals surface area (Å²) in [4.78, 5) is 17.6. The van der Waals surface area contributed by atoms with Crippen molar-refractivity contribution in [3.63, 3.8) is 0 Å². The molecular weight excluding hydrogens is 324 g/mol. The third-order valence-corrected chi connectivity index (χ3v) is 4.07. The highest BCUT2D eigenvalue weighted by Gasteiger charge is 2.14. The molecule has 90 valence electrons. The lowest BCUT2D eigenvalue weighted by Gasteiger charge is -2.14. The van der Waals surface area contributed by atoms with Crippen LogP contribution in [0.1, 0.15) is 15.4 Å². The predicted octanol–water partition coefficient (Wildman–Crippen LogP) is 3.76. The molecule has 1 N–H and O–H groups in total. The first kappa shape index (κ1) is 12.7. The van der Waals surface area contributed by atoms with Gasteiger partial charge in [-0.3, -0.25) is 4.79 Å². The summed E-state index contributed by atoms with van der Waals surface area (Å²) in [7, 11) is 1.77. The van der Waals surface area contributed by atoms with Gasteiger partial charge in [-0.05, 0) is 34.1 Å². The molecule has 0 bridgehead atoms. The number of nitrogens with zero attached hydrogens (tertiary/aromatic N) is 1. The molecule has 2 aromatic heterocycles. The first-order valence-electron chi connectivity index (χ1n) is 4.90. The fourth-order valence-corrected chi connectivity index (χ4v) is 3.14. The highest BCUT2D eigenvalue weighted by molar-refractivity contribution is 9.11. The van der Waals surface area contributed by atoms with E-state index in [0.717, 1.165) is 8.66 Å². The Labute approximate surface area is 117 Å². The van der Waals surface area contributed by atoms with Gasteiger partial charge in [-0.1, -0.05) is 11.6 Å². The minimum Gasteiger partial charge on any atom is -0.356 e. The number of hydrogen-bond donors (Lipinski definition) is 1. The van der Waals surface area contributed by atoms with Crippen LogP contribution in [0.15, 0.2) is 28.2 Å². The number of halogens is 2. The molecule has 0 unspecified atom stereocenters. The predicted molar refractivity (Wildman–Crippen MR) is 73.6 cm³/mol. The maximum Gasteiger partial charge on any atom is 0.270 e. The number of carbonyl (C=O) groups excluding carboxylic acids is 1. The molecule has 0 fully saturated rings. The molecule has 0 aromatic carbocycles. The third kappa shape index (κ3) is 3.12. The third-order valence-electron chi connectivity index (χ3n) is 2.25. The van der Waals surface area contributed by atoms with Gasteiger partial charge in [-0.2, -0.15) is 0 Å². The number of thiophene rings is 1. The van der Waals surface area contributed by atoms with Crippen LogP contribution in [0.25, 0.3) is 0 Å². The summed E-state index contributed by atoms with van der Waals surface area (Å²) >= 11 is 10.8. The number of H-pyrrole nitrogens is 1. The van der Waals surface area contributed by atoms with Gasteiger partial charge in [0.25, 0.3) is 5.91 Å². The lowest BCUT2D eigenvalue weighted by Crippen LogP contribution is -2.25. The Bertz CT molecular complexity index is 537. The first-order valence-corrected chi connectivity index (χ1v) is 6.88. The van der Waals surface area contributed by atoms with Gasteiger partial charge in [0.05, 0.1) is 15.4 Å². The number of rotatable bonds is 3. The Kier molecular flexibility index (Phi) is 3.91. The van der Waals surface area contributed by atoms with Gasteiger partial charge in [0.1, 0.15) is 5.69 Å². The minimum atomic E-state index is -0.0681. The smallest absolute Gasteiger partial charge is 0.270 e. The highest BCUT2D eigenvalue weighted by Crippen LogP contribution is 2.23. The quantitative estimate of drug-likeness (QED) is 0.912. The molecule has 1 amide bonds. The fraction of sp³-hybridized carbons (Fsp3) is 0.182. The SMILES string of the molecule is CN(Cc1ccc(Br)s1)C(=O)c1cc(Cl)c[nH]1. The molecule has 0 spiro atoms. The second-order valence-corrected chi connectivity index (χ2v) is 6.58. The van der Waals surface area contributed by atoms with E-state index in [0.29, 0.717) is 17.3 Å². The molecule has 3 nitrogen and oxygen atoms in total. The summed E-state index contributed by atoms with van der Waals surface area (Å²) in [5.41, 5.74) is 0.508.